The molecule has 0 N–H and O–H groups in total. The van der Waals surface area contributed by atoms with Crippen LogP contribution in [0.4, 0.5) is 0 Å². The monoisotopic (exact) mass is 203 g/mol. The van der Waals surface area contributed by atoms with E-state index < -0.39 is 0 Å². The molecule has 0 aromatic carbocycles. The van der Waals surface area contributed by atoms with Gasteiger partial charge in [-0.2, -0.15) is 0 Å². The quantitative estimate of drug-likeness (QED) is 0.559. The Kier molecular flexibility index (Phi) is 3.50. The number of halogens is 2. The molecular formula is C8H7Cl2NO. The minimum absolute atomic E-state index is 0.370. The number of aldehydes is 1. The molecule has 1 aromatic heterocycles. The summed E-state index contributed by atoms with van der Waals surface area (Å²) in [6.07, 6.45) is 3.52. The molecule has 12 heavy (non-hydrogen) atoms. The highest BCUT2D eigenvalue weighted by Crippen LogP contribution is 2.19. The third-order valence-electron chi connectivity index (χ3n) is 1.43. The molecule has 0 spiro atoms. The van der Waals surface area contributed by atoms with Gasteiger partial charge in [0.25, 0.3) is 0 Å². The van der Waals surface area contributed by atoms with Gasteiger partial charge >= 0.3 is 0 Å². The standard InChI is InChI=1S/C8H7Cl2NO/c9-7-4-8(10)11-5-6(7)2-1-3-12/h3-5H,1-2H2. The van der Waals surface area contributed by atoms with Gasteiger partial charge in [-0.1, -0.05) is 23.2 Å². The molecule has 64 valence electrons. The maximum atomic E-state index is 10.1. The lowest BCUT2D eigenvalue weighted by molar-refractivity contribution is -0.107. The van der Waals surface area contributed by atoms with E-state index in [-0.39, 0.29) is 0 Å². The number of hydrogen-bond acceptors (Lipinski definition) is 2. The van der Waals surface area contributed by atoms with E-state index in [1.54, 1.807) is 12.3 Å². The maximum Gasteiger partial charge on any atom is 0.130 e. The number of aryl methyl sites for hydroxylation is 1. The topological polar surface area (TPSA) is 30.0 Å². The van der Waals surface area contributed by atoms with Crippen molar-refractivity contribution in [2.45, 2.75) is 12.8 Å². The number of carbonyl (C=O) groups is 1. The Morgan fingerprint density at radius 3 is 2.83 bits per heavy atom. The molecule has 0 aliphatic heterocycles. The number of rotatable bonds is 3. The number of pyridine rings is 1. The van der Waals surface area contributed by atoms with Crippen molar-refractivity contribution in [2.75, 3.05) is 0 Å². The van der Waals surface area contributed by atoms with E-state index in [2.05, 4.69) is 4.98 Å². The van der Waals surface area contributed by atoms with Crippen LogP contribution in [0.2, 0.25) is 10.2 Å². The molecule has 0 aliphatic rings. The Hall–Kier alpha value is -0.600. The van der Waals surface area contributed by atoms with Gasteiger partial charge in [-0.25, -0.2) is 4.98 Å². The Balaban J connectivity index is 2.78. The predicted molar refractivity (Wildman–Crippen MR) is 48.6 cm³/mol. The molecule has 0 saturated heterocycles. The first-order valence-electron chi connectivity index (χ1n) is 3.47. The van der Waals surface area contributed by atoms with E-state index in [0.29, 0.717) is 23.0 Å². The third kappa shape index (κ3) is 2.47. The van der Waals surface area contributed by atoms with Crippen molar-refractivity contribution in [3.05, 3.63) is 28.0 Å². The second-order valence-corrected chi connectivity index (χ2v) is 3.10. The first-order chi connectivity index (χ1) is 5.74. The largest absolute Gasteiger partial charge is 0.303 e. The summed E-state index contributed by atoms with van der Waals surface area (Å²) in [5, 5.41) is 0.937. The fraction of sp³-hybridized carbons (Fsp3) is 0.250. The van der Waals surface area contributed by atoms with Crippen molar-refractivity contribution >= 4 is 29.5 Å². The van der Waals surface area contributed by atoms with Crippen molar-refractivity contribution < 1.29 is 4.79 Å². The second kappa shape index (κ2) is 4.43. The summed E-state index contributed by atoms with van der Waals surface area (Å²) in [7, 11) is 0. The minimum Gasteiger partial charge on any atom is -0.303 e. The van der Waals surface area contributed by atoms with Crippen LogP contribution in [-0.2, 0) is 11.2 Å². The fourth-order valence-corrected chi connectivity index (χ4v) is 1.29. The molecule has 0 radical (unpaired) electrons. The average molecular weight is 204 g/mol. The zero-order chi connectivity index (χ0) is 8.97. The highest BCUT2D eigenvalue weighted by atomic mass is 35.5. The molecule has 1 heterocycles. The lowest BCUT2D eigenvalue weighted by atomic mass is 10.2. The Morgan fingerprint density at radius 2 is 2.25 bits per heavy atom. The van der Waals surface area contributed by atoms with Crippen LogP contribution in [0.1, 0.15) is 12.0 Å². The smallest absolute Gasteiger partial charge is 0.130 e. The summed E-state index contributed by atoms with van der Waals surface area (Å²) in [5.41, 5.74) is 0.855. The number of hydrogen-bond donors (Lipinski definition) is 0. The Morgan fingerprint density at radius 1 is 1.50 bits per heavy atom. The van der Waals surface area contributed by atoms with Crippen LogP contribution in [0.5, 0.6) is 0 Å². The minimum atomic E-state index is 0.370. The van der Waals surface area contributed by atoms with E-state index in [1.165, 1.54) is 0 Å². The van der Waals surface area contributed by atoms with Crippen molar-refractivity contribution in [1.82, 2.24) is 4.98 Å². The van der Waals surface area contributed by atoms with Gasteiger partial charge in [0.05, 0.1) is 0 Å². The van der Waals surface area contributed by atoms with Crippen molar-refractivity contribution in [1.29, 1.82) is 0 Å². The highest BCUT2D eigenvalue weighted by Gasteiger charge is 2.00. The molecule has 0 amide bonds. The second-order valence-electron chi connectivity index (χ2n) is 2.30. The van der Waals surface area contributed by atoms with Gasteiger partial charge in [0.1, 0.15) is 11.4 Å². The zero-order valence-corrected chi connectivity index (χ0v) is 7.77. The zero-order valence-electron chi connectivity index (χ0n) is 6.26. The number of nitrogens with zero attached hydrogens (tertiary/aromatic N) is 1. The molecule has 4 heteroatoms. The van der Waals surface area contributed by atoms with E-state index in [0.717, 1.165) is 11.8 Å². The Bertz CT molecular complexity index is 288. The van der Waals surface area contributed by atoms with Crippen LogP contribution >= 0.6 is 23.2 Å². The molecule has 0 saturated carbocycles. The molecule has 0 aliphatic carbocycles. The van der Waals surface area contributed by atoms with Gasteiger partial charge in [0, 0.05) is 17.6 Å². The van der Waals surface area contributed by atoms with E-state index >= 15 is 0 Å². The van der Waals surface area contributed by atoms with Gasteiger partial charge < -0.3 is 4.79 Å². The maximum absolute atomic E-state index is 10.1. The summed E-state index contributed by atoms with van der Waals surface area (Å²) >= 11 is 11.4. The molecule has 2 nitrogen and oxygen atoms in total. The van der Waals surface area contributed by atoms with E-state index in [9.17, 15) is 4.79 Å². The van der Waals surface area contributed by atoms with Crippen molar-refractivity contribution in [2.24, 2.45) is 0 Å². The summed E-state index contributed by atoms with van der Waals surface area (Å²) in [4.78, 5) is 13.9. The molecule has 0 bridgehead atoms. The average Bonchev–Trinajstić information content (AvgIpc) is 2.03. The molecule has 1 aromatic rings. The van der Waals surface area contributed by atoms with Crippen LogP contribution in [-0.4, -0.2) is 11.3 Å². The number of carbonyl (C=O) groups excluding carboxylic acids is 1. The van der Waals surface area contributed by atoms with Crippen LogP contribution in [0.3, 0.4) is 0 Å². The molecule has 0 fully saturated rings. The first kappa shape index (κ1) is 9.49. The highest BCUT2D eigenvalue weighted by molar-refractivity contribution is 6.34. The van der Waals surface area contributed by atoms with Gasteiger partial charge in [0.2, 0.25) is 0 Å². The van der Waals surface area contributed by atoms with Crippen molar-refractivity contribution in [3.8, 4) is 0 Å². The van der Waals surface area contributed by atoms with Gasteiger partial charge in [0.15, 0.2) is 0 Å². The summed E-state index contributed by atoms with van der Waals surface area (Å²) < 4.78 is 0. The van der Waals surface area contributed by atoms with Gasteiger partial charge in [-0.15, -0.1) is 0 Å². The summed E-state index contributed by atoms with van der Waals surface area (Å²) in [6.45, 7) is 0. The lowest BCUT2D eigenvalue weighted by Gasteiger charge is -2.00. The van der Waals surface area contributed by atoms with E-state index in [1.807, 2.05) is 0 Å². The molecule has 0 atom stereocenters. The number of aromatic nitrogens is 1. The first-order valence-corrected chi connectivity index (χ1v) is 4.23. The van der Waals surface area contributed by atoms with Crippen LogP contribution < -0.4 is 0 Å². The van der Waals surface area contributed by atoms with E-state index in [4.69, 9.17) is 23.2 Å². The Labute approximate surface area is 80.5 Å². The van der Waals surface area contributed by atoms with Crippen LogP contribution in [0, 0.1) is 0 Å². The lowest BCUT2D eigenvalue weighted by Crippen LogP contribution is -1.89. The summed E-state index contributed by atoms with van der Waals surface area (Å²) in [5.74, 6) is 0. The summed E-state index contributed by atoms with van der Waals surface area (Å²) in [6, 6.07) is 1.57. The predicted octanol–water partition coefficient (Wildman–Crippen LogP) is 2.52. The van der Waals surface area contributed by atoms with Gasteiger partial charge in [-0.3, -0.25) is 0 Å². The van der Waals surface area contributed by atoms with Crippen LogP contribution in [0.15, 0.2) is 12.3 Å². The fourth-order valence-electron chi connectivity index (χ4n) is 0.834. The van der Waals surface area contributed by atoms with Gasteiger partial charge in [-0.05, 0) is 18.1 Å². The molecule has 1 rings (SSSR count). The SMILES string of the molecule is O=CCCc1cnc(Cl)cc1Cl. The van der Waals surface area contributed by atoms with Crippen LogP contribution in [0.25, 0.3) is 0 Å². The van der Waals surface area contributed by atoms with Crippen molar-refractivity contribution in [3.63, 3.8) is 0 Å². The molecule has 0 unspecified atom stereocenters. The molecular weight excluding hydrogens is 197 g/mol. The normalized spacial score (nSPS) is 9.83. The third-order valence-corrected chi connectivity index (χ3v) is 1.99.